The number of carbonyl (C=O) groups excluding carboxylic acids is 4. The van der Waals surface area contributed by atoms with Gasteiger partial charge in [-0.3, -0.25) is 4.79 Å². The van der Waals surface area contributed by atoms with Crippen molar-refractivity contribution in [3.8, 4) is 16.9 Å². The molecule has 0 bridgehead atoms. The fourth-order valence-corrected chi connectivity index (χ4v) is 6.54. The van der Waals surface area contributed by atoms with Crippen LogP contribution in [0.5, 0.6) is 5.75 Å². The first kappa shape index (κ1) is 45.5. The van der Waals surface area contributed by atoms with Gasteiger partial charge in [0.2, 0.25) is 12.2 Å². The lowest BCUT2D eigenvalue weighted by Crippen LogP contribution is -2.52. The number of rotatable bonds is 12. The highest BCUT2D eigenvalue weighted by molar-refractivity contribution is 7.90. The van der Waals surface area contributed by atoms with Crippen LogP contribution in [0.1, 0.15) is 66.9 Å². The maximum atomic E-state index is 14.1. The lowest BCUT2D eigenvalue weighted by atomic mass is 9.87. The topological polar surface area (TPSA) is 197 Å². The highest BCUT2D eigenvalue weighted by Crippen LogP contribution is 2.36. The molecule has 0 saturated heterocycles. The van der Waals surface area contributed by atoms with E-state index in [0.717, 1.165) is 16.7 Å². The van der Waals surface area contributed by atoms with Gasteiger partial charge in [0.15, 0.2) is 15.5 Å². The van der Waals surface area contributed by atoms with Crippen molar-refractivity contribution in [2.24, 2.45) is 5.41 Å². The molecule has 3 atom stereocenters. The molecular weight excluding hydrogens is 812 g/mol. The second kappa shape index (κ2) is 18.0. The van der Waals surface area contributed by atoms with Gasteiger partial charge >= 0.3 is 18.2 Å². The first-order chi connectivity index (χ1) is 28.4. The van der Waals surface area contributed by atoms with Crippen molar-refractivity contribution >= 4 is 56.9 Å². The summed E-state index contributed by atoms with van der Waals surface area (Å²) in [5, 5.41) is 9.96. The quantitative estimate of drug-likeness (QED) is 0.0914. The molecule has 0 fully saturated rings. The van der Waals surface area contributed by atoms with Gasteiger partial charge in [-0.05, 0) is 92.8 Å². The molecule has 5 rings (SSSR count). The van der Waals surface area contributed by atoms with Gasteiger partial charge in [0, 0.05) is 36.7 Å². The SMILES string of the molecule is COc1cc(S(C)(=O)=O)ccc1N(C(=O)OC(C)OC(=O)[C@@H](NC(=O)OC(C)(C)C)C(C)(C)C)c1nc2ccc(-c3ccc(NC(=O)[C@H](C)c4ccc(F)cc4)cc3)cn2n1. The first-order valence-electron chi connectivity index (χ1n) is 19.1. The summed E-state index contributed by atoms with van der Waals surface area (Å²) in [6.07, 6.45) is -0.801. The molecule has 0 aliphatic carbocycles. The fourth-order valence-electron chi connectivity index (χ4n) is 5.90. The summed E-state index contributed by atoms with van der Waals surface area (Å²) in [7, 11) is -2.40. The van der Waals surface area contributed by atoms with Gasteiger partial charge in [-0.2, -0.15) is 4.98 Å². The molecule has 2 N–H and O–H groups in total. The largest absolute Gasteiger partial charge is 0.495 e. The second-order valence-electron chi connectivity index (χ2n) is 16.2. The lowest BCUT2D eigenvalue weighted by Gasteiger charge is -2.31. The van der Waals surface area contributed by atoms with E-state index in [0.29, 0.717) is 22.5 Å². The van der Waals surface area contributed by atoms with Crippen LogP contribution < -0.4 is 20.3 Å². The number of carbonyl (C=O) groups is 4. The predicted octanol–water partition coefficient (Wildman–Crippen LogP) is 7.79. The minimum atomic E-state index is -3.69. The Balaban J connectivity index is 1.41. The molecule has 0 aliphatic rings. The average molecular weight is 861 g/mol. The number of fused-ring (bicyclic) bond motifs is 1. The van der Waals surface area contributed by atoms with E-state index in [1.807, 2.05) is 0 Å². The molecule has 18 heteroatoms. The number of pyridine rings is 1. The van der Waals surface area contributed by atoms with Gasteiger partial charge < -0.3 is 29.6 Å². The zero-order chi connectivity index (χ0) is 45.0. The van der Waals surface area contributed by atoms with Gasteiger partial charge in [0.1, 0.15) is 23.2 Å². The Hall–Kier alpha value is -6.56. The van der Waals surface area contributed by atoms with Crippen molar-refractivity contribution in [1.82, 2.24) is 19.9 Å². The van der Waals surface area contributed by atoms with E-state index in [4.69, 9.17) is 18.9 Å². The summed E-state index contributed by atoms with van der Waals surface area (Å²) < 4.78 is 61.6. The maximum Gasteiger partial charge on any atom is 0.424 e. The Labute approximate surface area is 353 Å². The molecule has 16 nitrogen and oxygen atoms in total. The van der Waals surface area contributed by atoms with E-state index >= 15 is 0 Å². The summed E-state index contributed by atoms with van der Waals surface area (Å²) in [4.78, 5) is 58.4. The molecule has 0 saturated carbocycles. The molecule has 0 aliphatic heterocycles. The second-order valence-corrected chi connectivity index (χ2v) is 18.3. The molecule has 3 aromatic carbocycles. The molecule has 0 radical (unpaired) electrons. The number of benzene rings is 3. The zero-order valence-electron chi connectivity index (χ0n) is 35.5. The molecule has 3 amide bonds. The normalized spacial score (nSPS) is 13.4. The van der Waals surface area contributed by atoms with Crippen LogP contribution in [-0.2, 0) is 33.6 Å². The summed E-state index contributed by atoms with van der Waals surface area (Å²) in [6, 6.07) is 18.9. The number of halogens is 1. The van der Waals surface area contributed by atoms with Crippen LogP contribution in [0.15, 0.2) is 90.0 Å². The minimum absolute atomic E-state index is 0.0000916. The van der Waals surface area contributed by atoms with E-state index in [2.05, 4.69) is 20.7 Å². The molecule has 5 aromatic rings. The molecule has 1 unspecified atom stereocenters. The third-order valence-electron chi connectivity index (χ3n) is 9.08. The van der Waals surface area contributed by atoms with Crippen molar-refractivity contribution in [3.63, 3.8) is 0 Å². The van der Waals surface area contributed by atoms with E-state index in [1.54, 1.807) is 103 Å². The first-order valence-corrected chi connectivity index (χ1v) is 20.9. The van der Waals surface area contributed by atoms with Crippen LogP contribution in [0.3, 0.4) is 0 Å². The van der Waals surface area contributed by atoms with Gasteiger partial charge in [-0.1, -0.05) is 45.0 Å². The molecule has 0 spiro atoms. The number of aromatic nitrogens is 3. The van der Waals surface area contributed by atoms with Crippen LogP contribution >= 0.6 is 0 Å². The average Bonchev–Trinajstić information content (AvgIpc) is 3.58. The third-order valence-corrected chi connectivity index (χ3v) is 10.2. The number of nitrogens with zero attached hydrogens (tertiary/aromatic N) is 4. The van der Waals surface area contributed by atoms with Crippen LogP contribution in [0.25, 0.3) is 16.8 Å². The number of esters is 1. The van der Waals surface area contributed by atoms with Crippen LogP contribution in [0, 0.1) is 11.2 Å². The molecule has 2 aromatic heterocycles. The van der Waals surface area contributed by atoms with Crippen molar-refractivity contribution in [1.29, 1.82) is 0 Å². The van der Waals surface area contributed by atoms with Gasteiger partial charge in [-0.15, -0.1) is 5.10 Å². The van der Waals surface area contributed by atoms with Gasteiger partial charge in [-0.25, -0.2) is 36.6 Å². The Morgan fingerprint density at radius 3 is 2.08 bits per heavy atom. The molecular formula is C43H49FN6O10S. The number of hydrogen-bond donors (Lipinski definition) is 2. The summed E-state index contributed by atoms with van der Waals surface area (Å²) in [6.45, 7) is 13.2. The zero-order valence-corrected chi connectivity index (χ0v) is 36.3. The number of methoxy groups -OCH3 is 1. The fraction of sp³-hybridized carbons (Fsp3) is 0.349. The van der Waals surface area contributed by atoms with Gasteiger partial charge in [0.05, 0.1) is 23.6 Å². The Morgan fingerprint density at radius 2 is 1.49 bits per heavy atom. The highest BCUT2D eigenvalue weighted by atomic mass is 32.2. The number of ether oxygens (including phenoxy) is 4. The van der Waals surface area contributed by atoms with Gasteiger partial charge in [0.25, 0.3) is 5.95 Å². The van der Waals surface area contributed by atoms with E-state index in [-0.39, 0.29) is 34.0 Å². The number of sulfone groups is 1. The number of amides is 3. The van der Waals surface area contributed by atoms with E-state index in [1.165, 1.54) is 48.9 Å². The molecule has 2 heterocycles. The number of hydrogen-bond acceptors (Lipinski definition) is 12. The van der Waals surface area contributed by atoms with Crippen molar-refractivity contribution in [2.75, 3.05) is 23.6 Å². The van der Waals surface area contributed by atoms with E-state index in [9.17, 15) is 32.0 Å². The van der Waals surface area contributed by atoms with Crippen LogP contribution in [0.2, 0.25) is 0 Å². The lowest BCUT2D eigenvalue weighted by molar-refractivity contribution is -0.169. The standard InChI is InChI=1S/C43H49FN6O10S/c1-25(27-11-16-30(44)17-12-27)37(51)45-31-18-13-28(14-19-31)29-15-22-35-46-39(48-49(35)24-29)50(33-21-20-32(61(10,55)56)23-34(33)57-9)41(54)59-26(2)58-38(52)36(42(3,4)5)47-40(53)60-43(6,7)8/h11-26,36H,1-10H3,(H,45,51)(H,47,53)/t25-,26?,36-/m1/s1. The highest BCUT2D eigenvalue weighted by Gasteiger charge is 2.37. The van der Waals surface area contributed by atoms with Crippen LogP contribution in [-0.4, -0.2) is 78.4 Å². The Bertz CT molecular complexity index is 2530. The number of anilines is 3. The van der Waals surface area contributed by atoms with E-state index < -0.39 is 57.3 Å². The monoisotopic (exact) mass is 860 g/mol. The molecule has 61 heavy (non-hydrogen) atoms. The minimum Gasteiger partial charge on any atom is -0.495 e. The molecule has 324 valence electrons. The maximum absolute atomic E-state index is 14.1. The van der Waals surface area contributed by atoms with Crippen molar-refractivity contribution in [3.05, 3.63) is 96.4 Å². The van der Waals surface area contributed by atoms with Crippen LogP contribution in [0.4, 0.5) is 31.3 Å². The van der Waals surface area contributed by atoms with Crippen molar-refractivity contribution < 1.29 is 50.9 Å². The predicted molar refractivity (Wildman–Crippen MR) is 225 cm³/mol. The summed E-state index contributed by atoms with van der Waals surface area (Å²) >= 11 is 0. The summed E-state index contributed by atoms with van der Waals surface area (Å²) in [5.41, 5.74) is 1.29. The number of nitrogens with one attached hydrogen (secondary N) is 2. The Morgan fingerprint density at radius 1 is 0.852 bits per heavy atom. The third kappa shape index (κ3) is 11.6. The van der Waals surface area contributed by atoms with Crippen molar-refractivity contribution in [2.45, 2.75) is 84.1 Å². The Kier molecular flexibility index (Phi) is 13.4. The summed E-state index contributed by atoms with van der Waals surface area (Å²) in [5.74, 6) is -2.34. The smallest absolute Gasteiger partial charge is 0.424 e. The number of alkyl carbamates (subject to hydrolysis) is 1.